The molecule has 0 aliphatic carbocycles. The quantitative estimate of drug-likeness (QED) is 0.573. The van der Waals surface area contributed by atoms with Gasteiger partial charge in [-0.05, 0) is 31.6 Å². The predicted molar refractivity (Wildman–Crippen MR) is 98.5 cm³/mol. The fourth-order valence-electron chi connectivity index (χ4n) is 2.49. The molecule has 2 aliphatic rings. The Kier molecular flexibility index (Phi) is 5.63. The van der Waals surface area contributed by atoms with Crippen LogP contribution in [0.3, 0.4) is 0 Å². The van der Waals surface area contributed by atoms with E-state index in [9.17, 15) is 5.26 Å². The Balaban J connectivity index is 2.26. The summed E-state index contributed by atoms with van der Waals surface area (Å²) in [5.74, 6) is 0.0508. The first-order valence-corrected chi connectivity index (χ1v) is 7.95. The molecule has 2 rings (SSSR count). The zero-order valence-electron chi connectivity index (χ0n) is 14.9. The Morgan fingerprint density at radius 2 is 1.73 bits per heavy atom. The number of nitrogens with zero attached hydrogens (tertiary/aromatic N) is 4. The van der Waals surface area contributed by atoms with Gasteiger partial charge in [0.15, 0.2) is 11.3 Å². The molecule has 26 heavy (non-hydrogen) atoms. The topological polar surface area (TPSA) is 83.8 Å². The van der Waals surface area contributed by atoms with Gasteiger partial charge in [0.25, 0.3) is 0 Å². The van der Waals surface area contributed by atoms with Crippen LogP contribution in [-0.4, -0.2) is 17.5 Å². The Morgan fingerprint density at radius 1 is 1.08 bits per heavy atom. The van der Waals surface area contributed by atoms with Gasteiger partial charge in [-0.3, -0.25) is 0 Å². The Bertz CT molecular complexity index is 900. The van der Waals surface area contributed by atoms with Gasteiger partial charge in [-0.2, -0.15) is 15.8 Å². The molecule has 2 heterocycles. The highest BCUT2D eigenvalue weighted by Gasteiger charge is 2.38. The van der Waals surface area contributed by atoms with Crippen LogP contribution in [0.1, 0.15) is 13.8 Å². The molecule has 2 aliphatic heterocycles. The number of hydrogen-bond acceptors (Lipinski definition) is 5. The second-order valence-corrected chi connectivity index (χ2v) is 6.15. The maximum absolute atomic E-state index is 9.45. The van der Waals surface area contributed by atoms with Gasteiger partial charge in [-0.15, -0.1) is 0 Å². The third-order valence-corrected chi connectivity index (χ3v) is 3.84. The second kappa shape index (κ2) is 7.88. The van der Waals surface area contributed by atoms with Gasteiger partial charge < -0.3 is 9.64 Å². The molecular formula is C21H18N4O. The standard InChI is InChI=1S/C21H18N4O/c1-21(2)19(18(15-24)20(26-21)17(13-22)14-23)8-6-4-5-7-16-9-11-25(3)12-10-16/h4-12H,1-3H3/b5-4+,8-6+. The average molecular weight is 342 g/mol. The number of hydrogen-bond donors (Lipinski definition) is 0. The van der Waals surface area contributed by atoms with Crippen molar-refractivity contribution in [3.05, 3.63) is 83.0 Å². The van der Waals surface area contributed by atoms with Crippen LogP contribution in [0, 0.1) is 34.0 Å². The van der Waals surface area contributed by atoms with Gasteiger partial charge in [0, 0.05) is 25.0 Å². The molecule has 5 nitrogen and oxygen atoms in total. The van der Waals surface area contributed by atoms with Crippen LogP contribution in [0.5, 0.6) is 0 Å². The van der Waals surface area contributed by atoms with E-state index >= 15 is 0 Å². The van der Waals surface area contributed by atoms with E-state index in [0.29, 0.717) is 5.57 Å². The van der Waals surface area contributed by atoms with Crippen molar-refractivity contribution in [1.29, 1.82) is 15.8 Å². The first kappa shape index (κ1) is 18.6. The lowest BCUT2D eigenvalue weighted by Gasteiger charge is -2.20. The van der Waals surface area contributed by atoms with Crippen molar-refractivity contribution in [1.82, 2.24) is 4.90 Å². The Morgan fingerprint density at radius 3 is 2.31 bits per heavy atom. The third-order valence-electron chi connectivity index (χ3n) is 3.84. The molecule has 0 unspecified atom stereocenters. The van der Waals surface area contributed by atoms with Gasteiger partial charge in [-0.25, -0.2) is 0 Å². The smallest absolute Gasteiger partial charge is 0.172 e. The zero-order chi connectivity index (χ0) is 19.2. The van der Waals surface area contributed by atoms with E-state index in [1.807, 2.05) is 60.8 Å². The largest absolute Gasteiger partial charge is 0.480 e. The van der Waals surface area contributed by atoms with Crippen LogP contribution in [0.4, 0.5) is 0 Å². The Labute approximate surface area is 153 Å². The highest BCUT2D eigenvalue weighted by molar-refractivity contribution is 5.60. The molecule has 0 N–H and O–H groups in total. The molecule has 0 spiro atoms. The second-order valence-electron chi connectivity index (χ2n) is 6.15. The van der Waals surface area contributed by atoms with Crippen molar-refractivity contribution in [2.24, 2.45) is 0 Å². The summed E-state index contributed by atoms with van der Waals surface area (Å²) >= 11 is 0. The van der Waals surface area contributed by atoms with E-state index in [4.69, 9.17) is 15.3 Å². The molecule has 0 saturated carbocycles. The molecule has 0 radical (unpaired) electrons. The summed E-state index contributed by atoms with van der Waals surface area (Å²) in [7, 11) is 1.96. The Hall–Kier alpha value is -3.75. The fourth-order valence-corrected chi connectivity index (χ4v) is 2.49. The summed E-state index contributed by atoms with van der Waals surface area (Å²) in [6, 6.07) is 5.61. The lowest BCUT2D eigenvalue weighted by Crippen LogP contribution is -2.20. The van der Waals surface area contributed by atoms with Crippen molar-refractivity contribution >= 4 is 0 Å². The minimum absolute atomic E-state index is 0.0508. The summed E-state index contributed by atoms with van der Waals surface area (Å²) in [6.07, 6.45) is 17.2. The molecule has 0 saturated heterocycles. The number of nitriles is 3. The molecular weight excluding hydrogens is 324 g/mol. The fraction of sp³-hybridized carbons (Fsp3) is 0.190. The van der Waals surface area contributed by atoms with Gasteiger partial charge >= 0.3 is 0 Å². The first-order chi connectivity index (χ1) is 12.4. The molecule has 128 valence electrons. The number of rotatable bonds is 3. The normalized spacial score (nSPS) is 18.1. The molecule has 0 atom stereocenters. The summed E-state index contributed by atoms with van der Waals surface area (Å²) in [5.41, 5.74) is 0.944. The van der Waals surface area contributed by atoms with E-state index in [2.05, 4.69) is 0 Å². The summed E-state index contributed by atoms with van der Waals surface area (Å²) in [5, 5.41) is 27.6. The van der Waals surface area contributed by atoms with E-state index < -0.39 is 5.60 Å². The van der Waals surface area contributed by atoms with Crippen LogP contribution in [0.2, 0.25) is 0 Å². The lowest BCUT2D eigenvalue weighted by molar-refractivity contribution is 0.0954. The van der Waals surface area contributed by atoms with Crippen molar-refractivity contribution in [3.8, 4) is 18.2 Å². The van der Waals surface area contributed by atoms with Crippen LogP contribution in [0.15, 0.2) is 83.0 Å². The van der Waals surface area contributed by atoms with Crippen LogP contribution < -0.4 is 0 Å². The summed E-state index contributed by atoms with van der Waals surface area (Å²) in [4.78, 5) is 1.96. The van der Waals surface area contributed by atoms with E-state index in [0.717, 1.165) is 5.57 Å². The predicted octanol–water partition coefficient (Wildman–Crippen LogP) is 3.93. The summed E-state index contributed by atoms with van der Waals surface area (Å²) in [6.45, 7) is 3.59. The maximum Gasteiger partial charge on any atom is 0.172 e. The number of ether oxygens (including phenoxy) is 1. The molecule has 0 bridgehead atoms. The van der Waals surface area contributed by atoms with Gasteiger partial charge in [-0.1, -0.05) is 30.4 Å². The SMILES string of the molecule is CN1C=CC(=C/C=C/C=C/C2=C(C#N)C(=C(C#N)C#N)OC2(C)C)C=C1. The van der Waals surface area contributed by atoms with Crippen LogP contribution in [-0.2, 0) is 4.74 Å². The minimum Gasteiger partial charge on any atom is -0.480 e. The van der Waals surface area contributed by atoms with Crippen molar-refractivity contribution in [2.75, 3.05) is 7.05 Å². The van der Waals surface area contributed by atoms with E-state index in [1.54, 1.807) is 38.1 Å². The van der Waals surface area contributed by atoms with E-state index in [1.165, 1.54) is 0 Å². The lowest BCUT2D eigenvalue weighted by atomic mass is 9.95. The zero-order valence-corrected chi connectivity index (χ0v) is 14.9. The van der Waals surface area contributed by atoms with Gasteiger partial charge in [0.05, 0.1) is 0 Å². The highest BCUT2D eigenvalue weighted by Crippen LogP contribution is 2.40. The van der Waals surface area contributed by atoms with Gasteiger partial charge in [0.1, 0.15) is 29.4 Å². The molecule has 0 fully saturated rings. The summed E-state index contributed by atoms with van der Waals surface area (Å²) < 4.78 is 5.70. The molecule has 0 aromatic rings. The van der Waals surface area contributed by atoms with E-state index in [-0.39, 0.29) is 16.9 Å². The minimum atomic E-state index is -0.790. The van der Waals surface area contributed by atoms with Crippen LogP contribution in [0.25, 0.3) is 0 Å². The van der Waals surface area contributed by atoms with Crippen molar-refractivity contribution in [3.63, 3.8) is 0 Å². The molecule has 0 aromatic heterocycles. The van der Waals surface area contributed by atoms with Crippen molar-refractivity contribution < 1.29 is 4.74 Å². The highest BCUT2D eigenvalue weighted by atomic mass is 16.5. The first-order valence-electron chi connectivity index (χ1n) is 7.95. The number of allylic oxidation sites excluding steroid dienone is 9. The average Bonchev–Trinajstić information content (AvgIpc) is 2.87. The third kappa shape index (κ3) is 4.01. The molecule has 0 aromatic carbocycles. The molecule has 0 amide bonds. The van der Waals surface area contributed by atoms with Crippen LogP contribution >= 0.6 is 0 Å². The van der Waals surface area contributed by atoms with Crippen molar-refractivity contribution in [2.45, 2.75) is 19.4 Å². The molecule has 5 heteroatoms. The monoisotopic (exact) mass is 342 g/mol. The maximum atomic E-state index is 9.45. The van der Waals surface area contributed by atoms with Gasteiger partial charge in [0.2, 0.25) is 0 Å².